The lowest BCUT2D eigenvalue weighted by Crippen LogP contribution is -2.23. The summed E-state index contributed by atoms with van der Waals surface area (Å²) in [4.78, 5) is 0.0305. The van der Waals surface area contributed by atoms with Gasteiger partial charge in [-0.2, -0.15) is 0 Å². The van der Waals surface area contributed by atoms with Crippen molar-refractivity contribution in [3.8, 4) is 5.75 Å². The Kier molecular flexibility index (Phi) is 4.50. The maximum absolute atomic E-state index is 12.1. The number of aromatic hydroxyl groups is 1. The fourth-order valence-corrected chi connectivity index (χ4v) is 2.91. The summed E-state index contributed by atoms with van der Waals surface area (Å²) < 4.78 is 26.8. The van der Waals surface area contributed by atoms with Crippen molar-refractivity contribution in [1.29, 1.82) is 0 Å². The second-order valence-electron chi connectivity index (χ2n) is 4.72. The number of nitrogens with one attached hydrogen (secondary N) is 1. The highest BCUT2D eigenvalue weighted by Gasteiger charge is 2.15. The molecule has 2 rings (SSSR count). The Labute approximate surface area is 124 Å². The van der Waals surface area contributed by atoms with E-state index in [0.29, 0.717) is 0 Å². The Hall–Kier alpha value is -2.05. The van der Waals surface area contributed by atoms with Gasteiger partial charge in [-0.25, -0.2) is 13.1 Å². The Morgan fingerprint density at radius 1 is 1.10 bits per heavy atom. The van der Waals surface area contributed by atoms with Gasteiger partial charge in [-0.05, 0) is 35.7 Å². The monoisotopic (exact) mass is 306 g/mol. The zero-order valence-corrected chi connectivity index (χ0v) is 12.5. The highest BCUT2D eigenvalue weighted by Crippen LogP contribution is 2.23. The summed E-state index contributed by atoms with van der Waals surface area (Å²) in [5.74, 6) is -0.135. The first-order valence-corrected chi connectivity index (χ1v) is 8.06. The summed E-state index contributed by atoms with van der Waals surface area (Å²) in [7, 11) is -3.65. The molecule has 0 fully saturated rings. The molecule has 4 N–H and O–H groups in total. The summed E-state index contributed by atoms with van der Waals surface area (Å²) in [6.45, 7) is 2.26. The molecule has 0 heterocycles. The molecule has 6 heteroatoms. The molecule has 2 aromatic rings. The fraction of sp³-hybridized carbons (Fsp3) is 0.200. The summed E-state index contributed by atoms with van der Waals surface area (Å²) in [6, 6.07) is 11.6. The molecule has 0 aliphatic rings. The van der Waals surface area contributed by atoms with Crippen molar-refractivity contribution in [2.75, 3.05) is 5.73 Å². The lowest BCUT2D eigenvalue weighted by molar-refractivity contribution is 0.477. The lowest BCUT2D eigenvalue weighted by Gasteiger charge is -2.08. The van der Waals surface area contributed by atoms with Gasteiger partial charge < -0.3 is 10.8 Å². The number of sulfonamides is 1. The molecular formula is C15H18N2O3S. The number of aryl methyl sites for hydroxylation is 1. The zero-order chi connectivity index (χ0) is 15.5. The number of phenols is 1. The van der Waals surface area contributed by atoms with Crippen LogP contribution in [0.1, 0.15) is 18.1 Å². The average molecular weight is 306 g/mol. The number of nitrogens with two attached hydrogens (primary N) is 1. The standard InChI is InChI=1S/C15H18N2O3S/c1-2-11-3-5-12(6-4-11)10-17-21(19,20)13-7-8-15(18)14(16)9-13/h3-9,17-18H,2,10,16H2,1H3. The smallest absolute Gasteiger partial charge is 0.240 e. The summed E-state index contributed by atoms with van der Waals surface area (Å²) in [6.07, 6.45) is 0.943. The third kappa shape index (κ3) is 3.74. The van der Waals surface area contributed by atoms with Crippen molar-refractivity contribution in [3.05, 3.63) is 53.6 Å². The van der Waals surface area contributed by atoms with Gasteiger partial charge in [-0.15, -0.1) is 0 Å². The minimum Gasteiger partial charge on any atom is -0.506 e. The molecule has 0 aromatic heterocycles. The fourth-order valence-electron chi connectivity index (χ4n) is 1.85. The van der Waals surface area contributed by atoms with Gasteiger partial charge in [0, 0.05) is 6.54 Å². The second kappa shape index (κ2) is 6.15. The van der Waals surface area contributed by atoms with Gasteiger partial charge in [0.2, 0.25) is 10.0 Å². The highest BCUT2D eigenvalue weighted by molar-refractivity contribution is 7.89. The highest BCUT2D eigenvalue weighted by atomic mass is 32.2. The molecule has 21 heavy (non-hydrogen) atoms. The largest absolute Gasteiger partial charge is 0.506 e. The number of nitrogen functional groups attached to an aromatic ring is 1. The van der Waals surface area contributed by atoms with Gasteiger partial charge in [-0.3, -0.25) is 0 Å². The number of benzene rings is 2. The van der Waals surface area contributed by atoms with E-state index < -0.39 is 10.0 Å². The van der Waals surface area contributed by atoms with Crippen molar-refractivity contribution in [2.24, 2.45) is 0 Å². The molecule has 0 saturated heterocycles. The Morgan fingerprint density at radius 3 is 2.29 bits per heavy atom. The molecule has 0 radical (unpaired) electrons. The van der Waals surface area contributed by atoms with E-state index >= 15 is 0 Å². The number of rotatable bonds is 5. The van der Waals surface area contributed by atoms with Crippen molar-refractivity contribution in [3.63, 3.8) is 0 Å². The summed E-state index contributed by atoms with van der Waals surface area (Å²) in [5, 5.41) is 9.33. The van der Waals surface area contributed by atoms with Crippen molar-refractivity contribution in [1.82, 2.24) is 4.72 Å². The third-order valence-electron chi connectivity index (χ3n) is 3.21. The molecular weight excluding hydrogens is 288 g/mol. The molecule has 0 aliphatic heterocycles. The molecule has 112 valence electrons. The van der Waals surface area contributed by atoms with E-state index in [4.69, 9.17) is 5.73 Å². The molecule has 5 nitrogen and oxygen atoms in total. The van der Waals surface area contributed by atoms with Crippen LogP contribution in [0.2, 0.25) is 0 Å². The minimum atomic E-state index is -3.65. The maximum atomic E-state index is 12.1. The molecule has 0 aliphatic carbocycles. The van der Waals surface area contributed by atoms with Crippen LogP contribution in [0.15, 0.2) is 47.4 Å². The number of phenolic OH excluding ortho intramolecular Hbond substituents is 1. The lowest BCUT2D eigenvalue weighted by atomic mass is 10.1. The van der Waals surface area contributed by atoms with Crippen LogP contribution in [0.5, 0.6) is 5.75 Å². The van der Waals surface area contributed by atoms with Crippen LogP contribution in [-0.2, 0) is 23.0 Å². The van der Waals surface area contributed by atoms with E-state index in [2.05, 4.69) is 11.6 Å². The third-order valence-corrected chi connectivity index (χ3v) is 4.61. The SMILES string of the molecule is CCc1ccc(CNS(=O)(=O)c2ccc(O)c(N)c2)cc1. The van der Waals surface area contributed by atoms with Crippen LogP contribution in [0.3, 0.4) is 0 Å². The van der Waals surface area contributed by atoms with Crippen LogP contribution < -0.4 is 10.5 Å². The average Bonchev–Trinajstić information content (AvgIpc) is 2.48. The number of hydrogen-bond acceptors (Lipinski definition) is 4. The topological polar surface area (TPSA) is 92.4 Å². The number of hydrogen-bond donors (Lipinski definition) is 3. The Morgan fingerprint density at radius 2 is 1.71 bits per heavy atom. The minimum absolute atomic E-state index is 0.0305. The molecule has 0 bridgehead atoms. The van der Waals surface area contributed by atoms with Crippen molar-refractivity contribution in [2.45, 2.75) is 24.8 Å². The van der Waals surface area contributed by atoms with E-state index in [-0.39, 0.29) is 22.9 Å². The van der Waals surface area contributed by atoms with Gasteiger partial charge in [0.25, 0.3) is 0 Å². The Bertz CT molecular complexity index is 725. The van der Waals surface area contributed by atoms with Crippen LogP contribution in [0.25, 0.3) is 0 Å². The molecule has 0 spiro atoms. The van der Waals surface area contributed by atoms with E-state index in [1.54, 1.807) is 0 Å². The van der Waals surface area contributed by atoms with Gasteiger partial charge in [0.15, 0.2) is 0 Å². The van der Waals surface area contributed by atoms with Gasteiger partial charge in [0.1, 0.15) is 5.75 Å². The normalized spacial score (nSPS) is 11.5. The quantitative estimate of drug-likeness (QED) is 0.582. The predicted molar refractivity (Wildman–Crippen MR) is 82.4 cm³/mol. The van der Waals surface area contributed by atoms with E-state index in [9.17, 15) is 13.5 Å². The first-order chi connectivity index (χ1) is 9.92. The van der Waals surface area contributed by atoms with Crippen LogP contribution in [0, 0.1) is 0 Å². The van der Waals surface area contributed by atoms with E-state index in [1.807, 2.05) is 24.3 Å². The van der Waals surface area contributed by atoms with Gasteiger partial charge in [0.05, 0.1) is 10.6 Å². The second-order valence-corrected chi connectivity index (χ2v) is 6.48. The maximum Gasteiger partial charge on any atom is 0.240 e. The zero-order valence-electron chi connectivity index (χ0n) is 11.7. The van der Waals surface area contributed by atoms with Crippen LogP contribution in [0.4, 0.5) is 5.69 Å². The molecule has 0 atom stereocenters. The first-order valence-electron chi connectivity index (χ1n) is 6.58. The van der Waals surface area contributed by atoms with Gasteiger partial charge >= 0.3 is 0 Å². The molecule has 0 unspecified atom stereocenters. The van der Waals surface area contributed by atoms with E-state index in [0.717, 1.165) is 12.0 Å². The van der Waals surface area contributed by atoms with Crippen LogP contribution in [-0.4, -0.2) is 13.5 Å². The van der Waals surface area contributed by atoms with Crippen LogP contribution >= 0.6 is 0 Å². The van der Waals surface area contributed by atoms with Gasteiger partial charge in [-0.1, -0.05) is 31.2 Å². The van der Waals surface area contributed by atoms with Crippen molar-refractivity contribution >= 4 is 15.7 Å². The molecule has 0 amide bonds. The molecule has 2 aromatic carbocycles. The van der Waals surface area contributed by atoms with Crippen molar-refractivity contribution < 1.29 is 13.5 Å². The Balaban J connectivity index is 2.11. The van der Waals surface area contributed by atoms with E-state index in [1.165, 1.54) is 23.8 Å². The summed E-state index contributed by atoms with van der Waals surface area (Å²) in [5.41, 5.74) is 7.63. The first kappa shape index (κ1) is 15.3. The summed E-state index contributed by atoms with van der Waals surface area (Å²) >= 11 is 0. The number of anilines is 1. The predicted octanol–water partition coefficient (Wildman–Crippen LogP) is 2.02. The molecule has 0 saturated carbocycles.